The van der Waals surface area contributed by atoms with Gasteiger partial charge in [-0.05, 0) is 0 Å². The Balaban J connectivity index is 0. The van der Waals surface area contributed by atoms with Crippen LogP contribution in [0.25, 0.3) is 0 Å². The third kappa shape index (κ3) is 7.15. The van der Waals surface area contributed by atoms with E-state index < -0.39 is 5.97 Å². The van der Waals surface area contributed by atoms with Gasteiger partial charge in [0.05, 0.1) is 0 Å². The van der Waals surface area contributed by atoms with Crippen molar-refractivity contribution in [2.45, 2.75) is 0 Å². The number of carbonyl (C=O) groups is 1. The van der Waals surface area contributed by atoms with E-state index in [1.165, 1.54) is 0 Å². The monoisotopic (exact) mass is 217 g/mol. The summed E-state index contributed by atoms with van der Waals surface area (Å²) in [6.45, 7) is 0. The van der Waals surface area contributed by atoms with Crippen LogP contribution in [0, 0.1) is 0 Å². The number of hydrogen-bond donors (Lipinski definition) is 0. The number of hydrogen-bond acceptors (Lipinski definition) is 2. The second-order valence-electron chi connectivity index (χ2n) is 0.583. The van der Waals surface area contributed by atoms with E-state index in [1.807, 2.05) is 0 Å². The van der Waals surface area contributed by atoms with Crippen LogP contribution < -0.4 is 0 Å². The molecule has 0 aromatic heterocycles. The smallest absolute Gasteiger partial charge is 0.339 e. The third-order valence-electron chi connectivity index (χ3n) is 0.195. The van der Waals surface area contributed by atoms with Crippen LogP contribution in [0.1, 0.15) is 0 Å². The Labute approximate surface area is 76.5 Å². The molecule has 1 radical (unpaired) electrons. The van der Waals surface area contributed by atoms with Crippen molar-refractivity contribution >= 4 is 29.4 Å². The van der Waals surface area contributed by atoms with Crippen LogP contribution in [0.2, 0.25) is 0 Å². The van der Waals surface area contributed by atoms with Gasteiger partial charge in [-0.2, -0.15) is 0 Å². The first-order chi connectivity index (χ1) is 2.81. The molecule has 0 heterocycles. The molecule has 0 aliphatic heterocycles. The largest absolute Gasteiger partial charge is 0.346 e. The molecule has 0 saturated heterocycles. The summed E-state index contributed by atoms with van der Waals surface area (Å²) < 4.78 is 3.60. The van der Waals surface area contributed by atoms with E-state index in [9.17, 15) is 4.79 Å². The molecule has 0 amide bonds. The second kappa shape index (κ2) is 7.15. The van der Waals surface area contributed by atoms with E-state index in [1.54, 1.807) is 0 Å². The molecule has 0 fully saturated rings. The van der Waals surface area contributed by atoms with Crippen LogP contribution in [-0.4, -0.2) is 11.8 Å². The molecule has 0 aromatic rings. The Hall–Kier alpha value is 1.15. The zero-order chi connectivity index (χ0) is 4.99. The van der Waals surface area contributed by atoms with E-state index in [-0.39, 0.29) is 38.6 Å². The fourth-order valence-corrected chi connectivity index (χ4v) is 0.186. The third-order valence-corrected chi connectivity index (χ3v) is 0.585. The van der Waals surface area contributed by atoms with Crippen molar-refractivity contribution in [3.63, 3.8) is 0 Å². The minimum atomic E-state index is -0.627. The summed E-state index contributed by atoms with van der Waals surface area (Å²) in [6, 6.07) is 0. The Morgan fingerprint density at radius 3 is 2.14 bits per heavy atom. The normalized spacial score (nSPS) is 6.57. The van der Waals surface area contributed by atoms with Crippen LogP contribution in [0.3, 0.4) is 0 Å². The number of carbonyl (C=O) groups excluding carboxylic acids is 1. The van der Waals surface area contributed by atoms with Gasteiger partial charge in [-0.1, -0.05) is 0 Å². The van der Waals surface area contributed by atoms with Crippen molar-refractivity contribution in [2.24, 2.45) is 0 Å². The van der Waals surface area contributed by atoms with Gasteiger partial charge in [-0.3, -0.25) is 0 Å². The first kappa shape index (κ1) is 11.0. The molecule has 0 bridgehead atoms. The average molecular weight is 218 g/mol. The van der Waals surface area contributed by atoms with Gasteiger partial charge in [0, 0.05) is 32.7 Å². The minimum absolute atomic E-state index is 0. The molecule has 0 N–H and O–H groups in total. The summed E-state index contributed by atoms with van der Waals surface area (Å²) in [4.78, 5) is 9.69. The van der Waals surface area contributed by atoms with Gasteiger partial charge in [0.25, 0.3) is 0 Å². The first-order valence-electron chi connectivity index (χ1n) is 1.18. The quantitative estimate of drug-likeness (QED) is 0.611. The molecule has 0 saturated carbocycles. The fourth-order valence-electron chi connectivity index (χ4n) is 0.0206. The Morgan fingerprint density at radius 2 is 2.14 bits per heavy atom. The van der Waals surface area contributed by atoms with Crippen molar-refractivity contribution in [1.82, 2.24) is 0 Å². The molecular weight excluding hydrogens is 216 g/mol. The molecule has 0 rings (SSSR count). The maximum absolute atomic E-state index is 9.69. The summed E-state index contributed by atoms with van der Waals surface area (Å²) >= 11 is 9.41. The topological polar surface area (TPSA) is 26.3 Å². The summed E-state index contributed by atoms with van der Waals surface area (Å²) in [7, 11) is 0. The van der Waals surface area contributed by atoms with E-state index >= 15 is 0 Å². The second-order valence-corrected chi connectivity index (χ2v) is 1.00. The van der Waals surface area contributed by atoms with Crippen LogP contribution in [-0.2, 0) is 41.8 Å². The van der Waals surface area contributed by atoms with Crippen molar-refractivity contribution in [3.05, 3.63) is 0 Å². The molecule has 39 valence electrons. The average Bonchev–Trinajstić information content (AvgIpc) is 1.65. The molecule has 2 nitrogen and oxygen atoms in total. The maximum atomic E-state index is 9.69. The van der Waals surface area contributed by atoms with Crippen LogP contribution in [0.15, 0.2) is 0 Å². The van der Waals surface area contributed by atoms with Gasteiger partial charge in [-0.25, -0.2) is 4.79 Å². The standard InChI is InChI=1S/C2H2Cl2O2.Y/c3-1-2(5)6-4;/h1H2;. The minimum Gasteiger partial charge on any atom is -0.346 e. The summed E-state index contributed by atoms with van der Waals surface area (Å²) in [5.41, 5.74) is 0. The number of halogens is 2. The van der Waals surface area contributed by atoms with Gasteiger partial charge in [0.2, 0.25) is 0 Å². The predicted octanol–water partition coefficient (Wildman–Crippen LogP) is 0.920. The summed E-state index contributed by atoms with van der Waals surface area (Å²) in [6.07, 6.45) is 0. The first-order valence-corrected chi connectivity index (χ1v) is 2.03. The zero-order valence-electron chi connectivity index (χ0n) is 3.36. The molecular formula is C2H2Cl2O2Y. The van der Waals surface area contributed by atoms with E-state index in [0.29, 0.717) is 0 Å². The van der Waals surface area contributed by atoms with Crippen LogP contribution in [0.5, 0.6) is 0 Å². The van der Waals surface area contributed by atoms with E-state index in [4.69, 9.17) is 11.6 Å². The number of alkyl halides is 1. The fraction of sp³-hybridized carbons (Fsp3) is 0.500. The molecule has 7 heavy (non-hydrogen) atoms. The van der Waals surface area contributed by atoms with Crippen LogP contribution in [0.4, 0.5) is 0 Å². The van der Waals surface area contributed by atoms with Crippen molar-refractivity contribution in [1.29, 1.82) is 0 Å². The van der Waals surface area contributed by atoms with Gasteiger partial charge in [0.1, 0.15) is 17.7 Å². The van der Waals surface area contributed by atoms with E-state index in [0.717, 1.165) is 0 Å². The Bertz CT molecular complexity index is 51.7. The van der Waals surface area contributed by atoms with Gasteiger partial charge in [0.15, 0.2) is 0 Å². The number of rotatable bonds is 1. The summed E-state index contributed by atoms with van der Waals surface area (Å²) in [5.74, 6) is -0.818. The molecule has 0 aliphatic rings. The molecule has 0 atom stereocenters. The molecule has 0 aliphatic carbocycles. The van der Waals surface area contributed by atoms with Crippen molar-refractivity contribution in [2.75, 3.05) is 5.88 Å². The molecule has 0 unspecified atom stereocenters. The van der Waals surface area contributed by atoms with E-state index in [2.05, 4.69) is 16.2 Å². The Kier molecular flexibility index (Phi) is 11.3. The van der Waals surface area contributed by atoms with Gasteiger partial charge < -0.3 is 4.29 Å². The van der Waals surface area contributed by atoms with Gasteiger partial charge in [-0.15, -0.1) is 11.6 Å². The van der Waals surface area contributed by atoms with Gasteiger partial charge >= 0.3 is 5.97 Å². The summed E-state index contributed by atoms with van der Waals surface area (Å²) in [5, 5.41) is 0. The SMILES string of the molecule is O=C(CCl)OCl.[Y]. The zero-order valence-corrected chi connectivity index (χ0v) is 7.71. The molecule has 0 spiro atoms. The van der Waals surface area contributed by atoms with Crippen molar-refractivity contribution in [3.8, 4) is 0 Å². The molecule has 5 heteroatoms. The predicted molar refractivity (Wildman–Crippen MR) is 22.7 cm³/mol. The Morgan fingerprint density at radius 1 is 1.71 bits per heavy atom. The van der Waals surface area contributed by atoms with Crippen LogP contribution >= 0.6 is 23.5 Å². The van der Waals surface area contributed by atoms with Crippen molar-refractivity contribution < 1.29 is 41.8 Å². The maximum Gasteiger partial charge on any atom is 0.339 e. The molecule has 0 aromatic carbocycles.